The normalized spacial score (nSPS) is 27.3. The van der Waals surface area contributed by atoms with Crippen molar-refractivity contribution in [2.24, 2.45) is 5.92 Å². The number of nitrogens with zero attached hydrogens (tertiary/aromatic N) is 3. The molecule has 0 spiro atoms. The molecule has 4 heteroatoms. The fourth-order valence-corrected chi connectivity index (χ4v) is 4.18. The first-order chi connectivity index (χ1) is 10.7. The van der Waals surface area contributed by atoms with Crippen molar-refractivity contribution < 1.29 is 5.11 Å². The topological polar surface area (TPSA) is 30.0 Å². The van der Waals surface area contributed by atoms with E-state index in [4.69, 9.17) is 0 Å². The van der Waals surface area contributed by atoms with Crippen LogP contribution in [0.25, 0.3) is 0 Å². The Hall–Kier alpha value is -0.160. The Balaban J connectivity index is 1.93. The van der Waals surface area contributed by atoms with Crippen molar-refractivity contribution in [3.63, 3.8) is 0 Å². The van der Waals surface area contributed by atoms with Gasteiger partial charge in [-0.25, -0.2) is 0 Å². The maximum absolute atomic E-state index is 10.7. The zero-order chi connectivity index (χ0) is 17.2. The summed E-state index contributed by atoms with van der Waals surface area (Å²) in [6, 6.07) is 1.49. The van der Waals surface area contributed by atoms with Gasteiger partial charge >= 0.3 is 0 Å². The molecule has 2 rings (SSSR count). The van der Waals surface area contributed by atoms with Gasteiger partial charge in [-0.3, -0.25) is 9.80 Å². The van der Waals surface area contributed by atoms with E-state index in [9.17, 15) is 5.11 Å². The zero-order valence-electron chi connectivity index (χ0n) is 16.3. The Morgan fingerprint density at radius 2 is 1.48 bits per heavy atom. The highest BCUT2D eigenvalue weighted by atomic mass is 16.3. The number of piperazine rings is 1. The molecule has 2 heterocycles. The van der Waals surface area contributed by atoms with Crippen LogP contribution < -0.4 is 0 Å². The maximum atomic E-state index is 10.7. The van der Waals surface area contributed by atoms with Gasteiger partial charge in [0.25, 0.3) is 0 Å². The van der Waals surface area contributed by atoms with E-state index >= 15 is 0 Å². The SMILES string of the molecule is CC(C)N1CCC(CN2CCN(C(C)C)C[C@H]2C(C)(C)O)CC1. The summed E-state index contributed by atoms with van der Waals surface area (Å²) in [5, 5.41) is 10.7. The van der Waals surface area contributed by atoms with Crippen molar-refractivity contribution in [1.29, 1.82) is 0 Å². The molecular weight excluding hydrogens is 286 g/mol. The van der Waals surface area contributed by atoms with Crippen molar-refractivity contribution in [3.05, 3.63) is 0 Å². The molecule has 1 atom stereocenters. The first kappa shape index (κ1) is 19.2. The van der Waals surface area contributed by atoms with Crippen molar-refractivity contribution in [1.82, 2.24) is 14.7 Å². The number of rotatable bonds is 5. The highest BCUT2D eigenvalue weighted by Crippen LogP contribution is 2.26. The van der Waals surface area contributed by atoms with Crippen LogP contribution in [0.2, 0.25) is 0 Å². The number of likely N-dealkylation sites (tertiary alicyclic amines) is 1. The van der Waals surface area contributed by atoms with E-state index in [1.807, 2.05) is 13.8 Å². The fraction of sp³-hybridized carbons (Fsp3) is 1.00. The van der Waals surface area contributed by atoms with Crippen LogP contribution in [-0.4, -0.2) is 82.8 Å². The second-order valence-corrected chi connectivity index (χ2v) is 8.83. The summed E-state index contributed by atoms with van der Waals surface area (Å²) in [5.41, 5.74) is -0.633. The van der Waals surface area contributed by atoms with E-state index in [1.165, 1.54) is 25.9 Å². The van der Waals surface area contributed by atoms with Gasteiger partial charge in [0.2, 0.25) is 0 Å². The molecule has 1 N–H and O–H groups in total. The van der Waals surface area contributed by atoms with Gasteiger partial charge in [-0.2, -0.15) is 0 Å². The molecule has 0 bridgehead atoms. The van der Waals surface area contributed by atoms with Crippen molar-refractivity contribution >= 4 is 0 Å². The molecule has 2 fully saturated rings. The van der Waals surface area contributed by atoms with Crippen LogP contribution in [0.15, 0.2) is 0 Å². The predicted octanol–water partition coefficient (Wildman–Crippen LogP) is 2.27. The summed E-state index contributed by atoms with van der Waals surface area (Å²) in [5.74, 6) is 0.792. The van der Waals surface area contributed by atoms with Gasteiger partial charge in [-0.05, 0) is 73.4 Å². The molecule has 136 valence electrons. The molecular formula is C19H39N3O. The first-order valence-electron chi connectivity index (χ1n) is 9.63. The number of hydrogen-bond acceptors (Lipinski definition) is 4. The molecule has 0 aromatic rings. The Morgan fingerprint density at radius 1 is 0.913 bits per heavy atom. The maximum Gasteiger partial charge on any atom is 0.0758 e. The first-order valence-corrected chi connectivity index (χ1v) is 9.63. The van der Waals surface area contributed by atoms with Crippen molar-refractivity contribution in [2.75, 3.05) is 39.3 Å². The van der Waals surface area contributed by atoms with Gasteiger partial charge in [0.1, 0.15) is 0 Å². The minimum absolute atomic E-state index is 0.252. The van der Waals surface area contributed by atoms with E-state index in [2.05, 4.69) is 42.4 Å². The van der Waals surface area contributed by atoms with Crippen LogP contribution in [0.4, 0.5) is 0 Å². The standard InChI is InChI=1S/C19H39N3O/c1-15(2)20-9-7-17(8-10-20)13-22-12-11-21(16(3)4)14-18(22)19(5,6)23/h15-18,23H,7-14H2,1-6H3/t18-/m0/s1. The predicted molar refractivity (Wildman–Crippen MR) is 97.8 cm³/mol. The largest absolute Gasteiger partial charge is 0.389 e. The van der Waals surface area contributed by atoms with Crippen LogP contribution in [0.1, 0.15) is 54.4 Å². The third kappa shape index (κ3) is 5.15. The molecule has 2 aliphatic heterocycles. The quantitative estimate of drug-likeness (QED) is 0.840. The third-order valence-corrected chi connectivity index (χ3v) is 5.94. The Morgan fingerprint density at radius 3 is 1.96 bits per heavy atom. The second-order valence-electron chi connectivity index (χ2n) is 8.83. The van der Waals surface area contributed by atoms with Gasteiger partial charge < -0.3 is 10.0 Å². The molecule has 0 unspecified atom stereocenters. The average molecular weight is 326 g/mol. The summed E-state index contributed by atoms with van der Waals surface area (Å²) in [4.78, 5) is 7.69. The summed E-state index contributed by atoms with van der Waals surface area (Å²) in [6.45, 7) is 19.9. The van der Waals surface area contributed by atoms with Gasteiger partial charge in [-0.1, -0.05) is 0 Å². The number of hydrogen-bond donors (Lipinski definition) is 1. The average Bonchev–Trinajstić information content (AvgIpc) is 2.46. The van der Waals surface area contributed by atoms with Crippen molar-refractivity contribution in [2.45, 2.75) is 78.1 Å². The Labute approximate surface area is 143 Å². The molecule has 0 amide bonds. The van der Waals surface area contributed by atoms with Crippen LogP contribution in [-0.2, 0) is 0 Å². The molecule has 0 aliphatic carbocycles. The van der Waals surface area contributed by atoms with Gasteiger partial charge in [0.15, 0.2) is 0 Å². The Kier molecular flexibility index (Phi) is 6.51. The summed E-state index contributed by atoms with van der Waals surface area (Å²) in [6.07, 6.45) is 2.61. The monoisotopic (exact) mass is 325 g/mol. The zero-order valence-corrected chi connectivity index (χ0v) is 16.3. The van der Waals surface area contributed by atoms with Crippen LogP contribution in [0.5, 0.6) is 0 Å². The van der Waals surface area contributed by atoms with E-state index in [1.54, 1.807) is 0 Å². The van der Waals surface area contributed by atoms with Gasteiger partial charge in [-0.15, -0.1) is 0 Å². The van der Waals surface area contributed by atoms with Crippen LogP contribution in [0.3, 0.4) is 0 Å². The minimum atomic E-state index is -0.633. The van der Waals surface area contributed by atoms with E-state index in [0.29, 0.717) is 12.1 Å². The molecule has 4 nitrogen and oxygen atoms in total. The lowest BCUT2D eigenvalue weighted by Gasteiger charge is -2.49. The number of aliphatic hydroxyl groups is 1. The van der Waals surface area contributed by atoms with E-state index in [-0.39, 0.29) is 6.04 Å². The minimum Gasteiger partial charge on any atom is -0.389 e. The van der Waals surface area contributed by atoms with Crippen LogP contribution >= 0.6 is 0 Å². The van der Waals surface area contributed by atoms with E-state index in [0.717, 1.165) is 32.1 Å². The molecule has 0 aromatic carbocycles. The molecule has 23 heavy (non-hydrogen) atoms. The van der Waals surface area contributed by atoms with Gasteiger partial charge in [0, 0.05) is 38.3 Å². The lowest BCUT2D eigenvalue weighted by molar-refractivity contribution is -0.0697. The smallest absolute Gasteiger partial charge is 0.0758 e. The van der Waals surface area contributed by atoms with Gasteiger partial charge in [0.05, 0.1) is 11.6 Å². The summed E-state index contributed by atoms with van der Waals surface area (Å²) in [7, 11) is 0. The lowest BCUT2D eigenvalue weighted by Crippen LogP contribution is -2.63. The summed E-state index contributed by atoms with van der Waals surface area (Å²) < 4.78 is 0. The molecule has 2 aliphatic rings. The molecule has 0 aromatic heterocycles. The number of piperidine rings is 1. The lowest BCUT2D eigenvalue weighted by atomic mass is 9.90. The summed E-state index contributed by atoms with van der Waals surface area (Å²) >= 11 is 0. The highest BCUT2D eigenvalue weighted by molar-refractivity contribution is 4.94. The molecule has 2 saturated heterocycles. The Bertz CT molecular complexity index is 356. The van der Waals surface area contributed by atoms with E-state index < -0.39 is 5.60 Å². The van der Waals surface area contributed by atoms with Crippen LogP contribution in [0, 0.1) is 5.92 Å². The highest BCUT2D eigenvalue weighted by Gasteiger charge is 2.38. The van der Waals surface area contributed by atoms with Crippen molar-refractivity contribution in [3.8, 4) is 0 Å². The molecule has 0 radical (unpaired) electrons. The fourth-order valence-electron chi connectivity index (χ4n) is 4.18. The molecule has 0 saturated carbocycles. The third-order valence-electron chi connectivity index (χ3n) is 5.94. The second kappa shape index (κ2) is 7.81.